The van der Waals surface area contributed by atoms with E-state index in [1.54, 1.807) is 16.2 Å². The fraction of sp³-hybridized carbons (Fsp3) is 0.359. The first kappa shape index (κ1) is 33.4. The van der Waals surface area contributed by atoms with Crippen LogP contribution >= 0.6 is 11.3 Å². The highest BCUT2D eigenvalue weighted by atomic mass is 32.1. The van der Waals surface area contributed by atoms with E-state index in [9.17, 15) is 20.0 Å². The van der Waals surface area contributed by atoms with Gasteiger partial charge in [-0.15, -0.1) is 11.3 Å². The molecule has 0 radical (unpaired) electrons. The van der Waals surface area contributed by atoms with Crippen LogP contribution in [-0.2, 0) is 29.0 Å². The standard InChI is InChI=1S/C39H39N5O5S/c1-22-27(28-9-7-11-30(23(28)2)36-42-31-13-15-44(21-33(31)50-36)38(47)49-39(3,4)5)8-6-10-29(22)35-41-32-17-24(16-26(18-40)34(32)48-35)19-43-14-12-25(20-43)37(45)46/h6-11,16-17,25H,12-15,19-21H2,1-5H3,(H,45,46). The summed E-state index contributed by atoms with van der Waals surface area (Å²) in [6, 6.07) is 18.4. The molecule has 0 saturated carbocycles. The Hall–Kier alpha value is -5.05. The Labute approximate surface area is 294 Å². The van der Waals surface area contributed by atoms with Crippen molar-refractivity contribution in [3.05, 3.63) is 81.4 Å². The molecule has 0 aliphatic carbocycles. The first-order chi connectivity index (χ1) is 23.9. The number of nitriles is 1. The second-order valence-electron chi connectivity index (χ2n) is 14.2. The van der Waals surface area contributed by atoms with E-state index in [1.165, 1.54) is 0 Å². The number of hydrogen-bond donors (Lipinski definition) is 1. The summed E-state index contributed by atoms with van der Waals surface area (Å²) >= 11 is 1.63. The maximum absolute atomic E-state index is 12.8. The number of carbonyl (C=O) groups excluding carboxylic acids is 1. The molecule has 4 heterocycles. The Kier molecular flexibility index (Phi) is 8.70. The second kappa shape index (κ2) is 13.0. The molecule has 1 N–H and O–H groups in total. The molecule has 1 atom stereocenters. The molecule has 1 amide bonds. The van der Waals surface area contributed by atoms with Gasteiger partial charge in [0, 0.05) is 42.1 Å². The first-order valence-electron chi connectivity index (χ1n) is 16.8. The van der Waals surface area contributed by atoms with Gasteiger partial charge in [-0.2, -0.15) is 5.26 Å². The number of nitrogens with zero attached hydrogens (tertiary/aromatic N) is 5. The van der Waals surface area contributed by atoms with Crippen molar-refractivity contribution >= 4 is 34.5 Å². The van der Waals surface area contributed by atoms with E-state index < -0.39 is 11.6 Å². The molecule has 7 rings (SSSR count). The van der Waals surface area contributed by atoms with E-state index in [2.05, 4.69) is 49.1 Å². The number of likely N-dealkylation sites (tertiary alicyclic amines) is 1. The van der Waals surface area contributed by atoms with Crippen LogP contribution < -0.4 is 0 Å². The normalized spacial score (nSPS) is 16.4. The van der Waals surface area contributed by atoms with Crippen molar-refractivity contribution in [3.8, 4) is 39.2 Å². The van der Waals surface area contributed by atoms with Crippen LogP contribution in [0.5, 0.6) is 0 Å². The zero-order chi connectivity index (χ0) is 35.3. The smallest absolute Gasteiger partial charge is 0.410 e. The molecule has 0 spiro atoms. The molecule has 1 saturated heterocycles. The lowest BCUT2D eigenvalue weighted by Gasteiger charge is -2.29. The van der Waals surface area contributed by atoms with Crippen LogP contribution in [0.15, 0.2) is 52.9 Å². The lowest BCUT2D eigenvalue weighted by atomic mass is 9.91. The Morgan fingerprint density at radius 2 is 1.74 bits per heavy atom. The van der Waals surface area contributed by atoms with Gasteiger partial charge in [0.2, 0.25) is 5.89 Å². The number of hydrogen-bond acceptors (Lipinski definition) is 9. The predicted molar refractivity (Wildman–Crippen MR) is 192 cm³/mol. The largest absolute Gasteiger partial charge is 0.481 e. The predicted octanol–water partition coefficient (Wildman–Crippen LogP) is 7.97. The number of aromatic nitrogens is 2. The van der Waals surface area contributed by atoms with Gasteiger partial charge in [0.15, 0.2) is 5.58 Å². The number of oxazole rings is 1. The lowest BCUT2D eigenvalue weighted by molar-refractivity contribution is -0.141. The number of ether oxygens (including phenoxy) is 1. The third kappa shape index (κ3) is 6.49. The molecule has 256 valence electrons. The fourth-order valence-corrected chi connectivity index (χ4v) is 8.13. The van der Waals surface area contributed by atoms with Gasteiger partial charge in [-0.1, -0.05) is 30.3 Å². The van der Waals surface area contributed by atoms with Crippen LogP contribution in [0.25, 0.3) is 44.3 Å². The molecule has 2 aliphatic rings. The van der Waals surface area contributed by atoms with Gasteiger partial charge >= 0.3 is 12.1 Å². The first-order valence-corrected chi connectivity index (χ1v) is 17.7. The van der Waals surface area contributed by atoms with Gasteiger partial charge in [0.1, 0.15) is 22.2 Å². The summed E-state index contributed by atoms with van der Waals surface area (Å²) < 4.78 is 11.9. The van der Waals surface area contributed by atoms with Gasteiger partial charge in [0.05, 0.1) is 23.7 Å². The molecule has 2 aliphatic heterocycles. The molecule has 11 heteroatoms. The Balaban J connectivity index is 1.17. The van der Waals surface area contributed by atoms with Crippen molar-refractivity contribution in [2.45, 2.75) is 66.2 Å². The van der Waals surface area contributed by atoms with E-state index >= 15 is 0 Å². The summed E-state index contributed by atoms with van der Waals surface area (Å²) in [5.74, 6) is -0.691. The number of amides is 1. The highest BCUT2D eigenvalue weighted by Crippen LogP contribution is 2.40. The van der Waals surface area contributed by atoms with Gasteiger partial charge in [-0.3, -0.25) is 9.69 Å². The fourth-order valence-electron chi connectivity index (χ4n) is 6.93. The van der Waals surface area contributed by atoms with E-state index in [1.807, 2.05) is 45.0 Å². The molecule has 10 nitrogen and oxygen atoms in total. The summed E-state index contributed by atoms with van der Waals surface area (Å²) in [7, 11) is 0. The van der Waals surface area contributed by atoms with Gasteiger partial charge < -0.3 is 19.2 Å². The second-order valence-corrected chi connectivity index (χ2v) is 15.3. The van der Waals surface area contributed by atoms with Gasteiger partial charge in [0.25, 0.3) is 0 Å². The van der Waals surface area contributed by atoms with Crippen molar-refractivity contribution in [1.82, 2.24) is 19.8 Å². The topological polar surface area (TPSA) is 133 Å². The zero-order valence-electron chi connectivity index (χ0n) is 28.9. The van der Waals surface area contributed by atoms with Crippen LogP contribution in [0.4, 0.5) is 4.79 Å². The third-order valence-corrected chi connectivity index (χ3v) is 10.6. The number of carbonyl (C=O) groups is 2. The molecule has 1 unspecified atom stereocenters. The van der Waals surface area contributed by atoms with E-state index in [4.69, 9.17) is 19.1 Å². The van der Waals surface area contributed by atoms with E-state index in [0.29, 0.717) is 68.1 Å². The minimum Gasteiger partial charge on any atom is -0.481 e. The average Bonchev–Trinajstić information content (AvgIpc) is 3.82. The summed E-state index contributed by atoms with van der Waals surface area (Å²) in [5, 5.41) is 20.3. The Morgan fingerprint density at radius 3 is 2.42 bits per heavy atom. The third-order valence-electron chi connectivity index (χ3n) is 9.50. The van der Waals surface area contributed by atoms with Gasteiger partial charge in [-0.05, 0) is 93.6 Å². The molecule has 2 aromatic heterocycles. The van der Waals surface area contributed by atoms with E-state index in [-0.39, 0.29) is 12.0 Å². The van der Waals surface area contributed by atoms with Crippen LogP contribution in [-0.4, -0.2) is 62.2 Å². The van der Waals surface area contributed by atoms with Crippen LogP contribution in [0, 0.1) is 31.1 Å². The molecule has 50 heavy (non-hydrogen) atoms. The quantitative estimate of drug-likeness (QED) is 0.188. The number of fused-ring (bicyclic) bond motifs is 2. The highest BCUT2D eigenvalue weighted by Gasteiger charge is 2.30. The maximum atomic E-state index is 12.8. The minimum atomic E-state index is -0.767. The monoisotopic (exact) mass is 689 g/mol. The SMILES string of the molecule is Cc1c(-c2nc3cc(CN4CCC(C(=O)O)C4)cc(C#N)c3o2)cccc1-c1cccc(-c2nc3c(s2)CN(C(=O)OC(C)(C)C)CC3)c1C. The van der Waals surface area contributed by atoms with Crippen molar-refractivity contribution in [2.24, 2.45) is 5.92 Å². The van der Waals surface area contributed by atoms with Crippen molar-refractivity contribution in [2.75, 3.05) is 19.6 Å². The maximum Gasteiger partial charge on any atom is 0.410 e. The summed E-state index contributed by atoms with van der Waals surface area (Å²) in [5.41, 5.74) is 8.95. The number of carboxylic acid groups (broad SMARTS) is 1. The Morgan fingerprint density at radius 1 is 1.04 bits per heavy atom. The number of aliphatic carboxylic acids is 1. The van der Waals surface area contributed by atoms with E-state index in [0.717, 1.165) is 54.5 Å². The van der Waals surface area contributed by atoms with Crippen molar-refractivity contribution in [3.63, 3.8) is 0 Å². The number of benzene rings is 3. The number of thiazole rings is 1. The zero-order valence-corrected chi connectivity index (χ0v) is 29.7. The lowest BCUT2D eigenvalue weighted by Crippen LogP contribution is -2.39. The molecule has 0 bridgehead atoms. The highest BCUT2D eigenvalue weighted by molar-refractivity contribution is 7.15. The molecule has 1 fully saturated rings. The molecule has 5 aromatic rings. The Bertz CT molecular complexity index is 2190. The minimum absolute atomic E-state index is 0.299. The summed E-state index contributed by atoms with van der Waals surface area (Å²) in [4.78, 5) is 39.0. The molecule has 3 aromatic carbocycles. The summed E-state index contributed by atoms with van der Waals surface area (Å²) in [6.45, 7) is 12.6. The number of carboxylic acids is 1. The summed E-state index contributed by atoms with van der Waals surface area (Å²) in [6.07, 6.45) is 1.01. The van der Waals surface area contributed by atoms with Crippen LogP contribution in [0.3, 0.4) is 0 Å². The average molecular weight is 690 g/mol. The van der Waals surface area contributed by atoms with Crippen LogP contribution in [0.2, 0.25) is 0 Å². The van der Waals surface area contributed by atoms with Crippen molar-refractivity contribution < 1.29 is 23.8 Å². The van der Waals surface area contributed by atoms with Gasteiger partial charge in [-0.25, -0.2) is 14.8 Å². The number of rotatable bonds is 6. The van der Waals surface area contributed by atoms with Crippen LogP contribution in [0.1, 0.15) is 60.0 Å². The van der Waals surface area contributed by atoms with Crippen molar-refractivity contribution in [1.29, 1.82) is 5.26 Å². The molecular formula is C39H39N5O5S. The molecular weight excluding hydrogens is 651 g/mol.